The van der Waals surface area contributed by atoms with Gasteiger partial charge in [-0.3, -0.25) is 4.90 Å². The number of ether oxygens (including phenoxy) is 1. The van der Waals surface area contributed by atoms with Gasteiger partial charge in [0.25, 0.3) is 0 Å². The number of carbonyl (C=O) groups excluding carboxylic acids is 1. The summed E-state index contributed by atoms with van der Waals surface area (Å²) < 4.78 is 5.45. The number of rotatable bonds is 3. The molecular weight excluding hydrogens is 268 g/mol. The van der Waals surface area contributed by atoms with Gasteiger partial charge in [-0.1, -0.05) is 0 Å². The van der Waals surface area contributed by atoms with Crippen LogP contribution in [0.25, 0.3) is 0 Å². The lowest BCUT2D eigenvalue weighted by Crippen LogP contribution is -2.44. The molecule has 21 heavy (non-hydrogen) atoms. The number of hydrogen-bond acceptors (Lipinski definition) is 4. The van der Waals surface area contributed by atoms with Gasteiger partial charge < -0.3 is 14.7 Å². The quantitative estimate of drug-likeness (QED) is 0.867. The number of piperidine rings is 1. The number of likely N-dealkylation sites (tertiary alicyclic amines) is 2. The van der Waals surface area contributed by atoms with E-state index >= 15 is 0 Å². The maximum absolute atomic E-state index is 12.1. The predicted octanol–water partition coefficient (Wildman–Crippen LogP) is 2.09. The smallest absolute Gasteiger partial charge is 0.410 e. The third-order valence-corrected chi connectivity index (χ3v) is 4.52. The Labute approximate surface area is 128 Å². The van der Waals surface area contributed by atoms with Crippen LogP contribution in [0.15, 0.2) is 0 Å². The molecule has 0 radical (unpaired) electrons. The summed E-state index contributed by atoms with van der Waals surface area (Å²) in [7, 11) is 0. The summed E-state index contributed by atoms with van der Waals surface area (Å²) >= 11 is 0. The van der Waals surface area contributed by atoms with Crippen molar-refractivity contribution in [1.29, 1.82) is 0 Å². The highest BCUT2D eigenvalue weighted by Crippen LogP contribution is 2.25. The van der Waals surface area contributed by atoms with E-state index in [4.69, 9.17) is 9.84 Å². The molecule has 1 unspecified atom stereocenters. The third kappa shape index (κ3) is 4.85. The van der Waals surface area contributed by atoms with E-state index in [1.54, 1.807) is 0 Å². The van der Waals surface area contributed by atoms with E-state index in [1.807, 2.05) is 25.7 Å². The van der Waals surface area contributed by atoms with Crippen molar-refractivity contribution in [3.8, 4) is 0 Å². The Kier molecular flexibility index (Phi) is 5.49. The highest BCUT2D eigenvalue weighted by atomic mass is 16.6. The van der Waals surface area contributed by atoms with E-state index in [0.717, 1.165) is 39.0 Å². The lowest BCUT2D eigenvalue weighted by molar-refractivity contribution is 0.0273. The number of aliphatic hydroxyl groups excluding tert-OH is 1. The van der Waals surface area contributed by atoms with Crippen molar-refractivity contribution >= 4 is 6.09 Å². The van der Waals surface area contributed by atoms with Crippen LogP contribution in [0.3, 0.4) is 0 Å². The molecule has 0 spiro atoms. The fraction of sp³-hybridized carbons (Fsp3) is 0.938. The van der Waals surface area contributed by atoms with Crippen molar-refractivity contribution < 1.29 is 14.6 Å². The Bertz CT molecular complexity index is 346. The van der Waals surface area contributed by atoms with Gasteiger partial charge in [0.15, 0.2) is 0 Å². The minimum atomic E-state index is -0.419. The molecular formula is C16H30N2O3. The second kappa shape index (κ2) is 6.97. The van der Waals surface area contributed by atoms with Crippen LogP contribution in [0.4, 0.5) is 4.79 Å². The topological polar surface area (TPSA) is 53.0 Å². The summed E-state index contributed by atoms with van der Waals surface area (Å²) in [6.45, 7) is 9.81. The van der Waals surface area contributed by atoms with E-state index in [0.29, 0.717) is 18.6 Å². The average Bonchev–Trinajstić information content (AvgIpc) is 2.88. The van der Waals surface area contributed by atoms with Crippen molar-refractivity contribution in [3.63, 3.8) is 0 Å². The number of nitrogens with zero attached hydrogens (tertiary/aromatic N) is 2. The highest BCUT2D eigenvalue weighted by molar-refractivity contribution is 5.68. The van der Waals surface area contributed by atoms with Crippen LogP contribution in [0.1, 0.15) is 46.5 Å². The molecule has 0 saturated carbocycles. The van der Waals surface area contributed by atoms with E-state index in [-0.39, 0.29) is 6.09 Å². The average molecular weight is 298 g/mol. The molecule has 0 aromatic heterocycles. The monoisotopic (exact) mass is 298 g/mol. The summed E-state index contributed by atoms with van der Waals surface area (Å²) in [5, 5.41) is 9.01. The van der Waals surface area contributed by atoms with Gasteiger partial charge in [0, 0.05) is 25.7 Å². The van der Waals surface area contributed by atoms with Crippen LogP contribution in [-0.2, 0) is 4.74 Å². The van der Waals surface area contributed by atoms with Crippen molar-refractivity contribution in [2.45, 2.75) is 58.1 Å². The molecule has 0 aliphatic carbocycles. The van der Waals surface area contributed by atoms with E-state index in [2.05, 4.69) is 4.90 Å². The Morgan fingerprint density at radius 2 is 1.86 bits per heavy atom. The first kappa shape index (κ1) is 16.6. The fourth-order valence-electron chi connectivity index (χ4n) is 3.32. The first-order chi connectivity index (χ1) is 9.89. The third-order valence-electron chi connectivity index (χ3n) is 4.52. The molecule has 0 aromatic carbocycles. The summed E-state index contributed by atoms with van der Waals surface area (Å²) in [6, 6.07) is 0.479. The van der Waals surface area contributed by atoms with Gasteiger partial charge in [0.05, 0.1) is 0 Å². The van der Waals surface area contributed by atoms with Crippen LogP contribution < -0.4 is 0 Å². The maximum Gasteiger partial charge on any atom is 0.410 e. The van der Waals surface area contributed by atoms with E-state index in [1.165, 1.54) is 12.8 Å². The molecule has 5 nitrogen and oxygen atoms in total. The van der Waals surface area contributed by atoms with E-state index in [9.17, 15) is 4.79 Å². The van der Waals surface area contributed by atoms with Crippen LogP contribution >= 0.6 is 0 Å². The second-order valence-electron chi connectivity index (χ2n) is 7.36. The fourth-order valence-corrected chi connectivity index (χ4v) is 3.32. The Morgan fingerprint density at radius 3 is 2.43 bits per heavy atom. The molecule has 1 atom stereocenters. The van der Waals surface area contributed by atoms with Crippen molar-refractivity contribution in [2.24, 2.45) is 5.92 Å². The van der Waals surface area contributed by atoms with Gasteiger partial charge >= 0.3 is 6.09 Å². The molecule has 2 aliphatic rings. The van der Waals surface area contributed by atoms with Gasteiger partial charge in [-0.2, -0.15) is 0 Å². The molecule has 0 bridgehead atoms. The summed E-state index contributed by atoms with van der Waals surface area (Å²) in [6.07, 6.45) is 4.14. The number of hydrogen-bond donors (Lipinski definition) is 1. The predicted molar refractivity (Wildman–Crippen MR) is 82.2 cm³/mol. The highest BCUT2D eigenvalue weighted by Gasteiger charge is 2.34. The van der Waals surface area contributed by atoms with Gasteiger partial charge in [-0.05, 0) is 65.5 Å². The molecule has 2 fully saturated rings. The zero-order valence-electron chi connectivity index (χ0n) is 13.7. The standard InChI is InChI=1S/C16H30N2O3/c1-16(2,3)21-15(20)18-10-6-14(12-18)17-8-4-13(5-9-17)7-11-19/h13-14,19H,4-12H2,1-3H3. The normalized spacial score (nSPS) is 25.3. The maximum atomic E-state index is 12.1. The summed E-state index contributed by atoms with van der Waals surface area (Å²) in [5.74, 6) is 0.676. The van der Waals surface area contributed by atoms with Gasteiger partial charge in [0.1, 0.15) is 5.60 Å². The molecule has 2 rings (SSSR count). The Morgan fingerprint density at radius 1 is 1.19 bits per heavy atom. The van der Waals surface area contributed by atoms with Gasteiger partial charge in [0.2, 0.25) is 0 Å². The number of aliphatic hydroxyl groups is 1. The van der Waals surface area contributed by atoms with E-state index < -0.39 is 5.60 Å². The minimum absolute atomic E-state index is 0.180. The Balaban J connectivity index is 1.77. The first-order valence-electron chi connectivity index (χ1n) is 8.22. The van der Waals surface area contributed by atoms with Crippen molar-refractivity contribution in [3.05, 3.63) is 0 Å². The van der Waals surface area contributed by atoms with Gasteiger partial charge in [-0.15, -0.1) is 0 Å². The molecule has 1 amide bonds. The zero-order valence-corrected chi connectivity index (χ0v) is 13.7. The Hall–Kier alpha value is -0.810. The molecule has 2 saturated heterocycles. The number of amides is 1. The van der Waals surface area contributed by atoms with Crippen LogP contribution in [-0.4, -0.2) is 65.4 Å². The lowest BCUT2D eigenvalue weighted by Gasteiger charge is -2.35. The van der Waals surface area contributed by atoms with Crippen LogP contribution in [0, 0.1) is 5.92 Å². The number of carbonyl (C=O) groups is 1. The molecule has 122 valence electrons. The summed E-state index contributed by atoms with van der Waals surface area (Å²) in [5.41, 5.74) is -0.419. The molecule has 2 heterocycles. The van der Waals surface area contributed by atoms with Crippen LogP contribution in [0.2, 0.25) is 0 Å². The first-order valence-corrected chi connectivity index (χ1v) is 8.22. The molecule has 2 aliphatic heterocycles. The van der Waals surface area contributed by atoms with Gasteiger partial charge in [-0.25, -0.2) is 4.79 Å². The van der Waals surface area contributed by atoms with Crippen LogP contribution in [0.5, 0.6) is 0 Å². The summed E-state index contributed by atoms with van der Waals surface area (Å²) in [4.78, 5) is 16.4. The minimum Gasteiger partial charge on any atom is -0.444 e. The lowest BCUT2D eigenvalue weighted by atomic mass is 9.93. The SMILES string of the molecule is CC(C)(C)OC(=O)N1CCC(N2CCC(CCO)CC2)C1. The molecule has 5 heteroatoms. The van der Waals surface area contributed by atoms with Crippen molar-refractivity contribution in [1.82, 2.24) is 9.80 Å². The van der Waals surface area contributed by atoms with Crippen molar-refractivity contribution in [2.75, 3.05) is 32.8 Å². The molecule has 1 N–H and O–H groups in total. The second-order valence-corrected chi connectivity index (χ2v) is 7.36. The molecule has 0 aromatic rings. The zero-order chi connectivity index (χ0) is 15.5. The largest absolute Gasteiger partial charge is 0.444 e.